The number of allylic oxidation sites excluding steroid dienone is 3. The van der Waals surface area contributed by atoms with Gasteiger partial charge in [0.05, 0.1) is 55.9 Å². The van der Waals surface area contributed by atoms with Crippen LogP contribution in [0.3, 0.4) is 0 Å². The number of methoxy groups -OCH3 is 3. The van der Waals surface area contributed by atoms with Crippen LogP contribution >= 0.6 is 0 Å². The zero-order chi connectivity index (χ0) is 52.6. The number of carbonyl (C=O) groups is 6. The number of aliphatic imine (C=N–C) groups is 2. The smallest absolute Gasteiger partial charge is 0.305 e. The molecule has 384 valence electrons. The zero-order valence-electron chi connectivity index (χ0n) is 42.2. The molecule has 0 bridgehead atoms. The minimum absolute atomic E-state index is 0.0363. The number of hydrogen-bond acceptors (Lipinski definition) is 13. The van der Waals surface area contributed by atoms with Crippen LogP contribution in [0.15, 0.2) is 113 Å². The average Bonchev–Trinajstić information content (AvgIpc) is 3.88. The molecule has 0 saturated heterocycles. The lowest BCUT2D eigenvalue weighted by atomic mass is 10.1. The molecule has 18 nitrogen and oxygen atoms in total. The maximum atomic E-state index is 14.1. The fourth-order valence-electron chi connectivity index (χ4n) is 9.32. The van der Waals surface area contributed by atoms with Crippen LogP contribution in [-0.4, -0.2) is 98.3 Å². The molecular formula is C56H59N7O11. The second-order valence-corrected chi connectivity index (χ2v) is 18.1. The van der Waals surface area contributed by atoms with Gasteiger partial charge in [-0.05, 0) is 98.4 Å². The standard InChI is InChI=1S/C56H59N7O11/c1-8-14-36-22-39-28-57-43-26-49(47(70-5)24-41(43)55(68)62(39)45(36)9-2)73-30-34-19-35(21-38(20-34)61-54(67)33(4)60-53(66)32(3)59-51(64)17-12-13-18-52(65)72-7)31-74-50-27-44-42(25-48(50)71-6)56(69)63-40(29-58-44)23-37-15-10-11-16-46(37)63/h8-11,14-16,19-21,24-29,32-33,39-40H,2,12-13,17-18,22-23,30-31H2,1,3-7H3,(H,59,64)(H,60,66)(H,61,67)/b14-8-/t32-,33-,39-,40-/m0/s1. The van der Waals surface area contributed by atoms with Crippen molar-refractivity contribution in [2.75, 3.05) is 31.5 Å². The molecule has 5 amide bonds. The Morgan fingerprint density at radius 3 is 1.91 bits per heavy atom. The molecule has 3 N–H and O–H groups in total. The van der Waals surface area contributed by atoms with Gasteiger partial charge in [0.15, 0.2) is 23.0 Å². The summed E-state index contributed by atoms with van der Waals surface area (Å²) in [6, 6.07) is 17.1. The number of carbonyl (C=O) groups excluding carboxylic acids is 6. The predicted octanol–water partition coefficient (Wildman–Crippen LogP) is 7.78. The summed E-state index contributed by atoms with van der Waals surface area (Å²) in [6.07, 6.45) is 11.5. The van der Waals surface area contributed by atoms with Crippen molar-refractivity contribution in [1.29, 1.82) is 0 Å². The van der Waals surface area contributed by atoms with Crippen LogP contribution in [0.1, 0.15) is 90.3 Å². The Bertz CT molecular complexity index is 3030. The molecule has 8 rings (SSSR count). The second kappa shape index (κ2) is 22.9. The molecule has 0 aromatic heterocycles. The number of nitrogens with one attached hydrogen (secondary N) is 3. The van der Waals surface area contributed by atoms with Gasteiger partial charge in [0, 0.05) is 67.3 Å². The lowest BCUT2D eigenvalue weighted by molar-refractivity contribution is -0.140. The first-order chi connectivity index (χ1) is 35.7. The average molecular weight is 1010 g/mol. The number of fused-ring (bicyclic) bond motifs is 6. The van der Waals surface area contributed by atoms with E-state index in [1.165, 1.54) is 35.2 Å². The van der Waals surface area contributed by atoms with Gasteiger partial charge in [-0.15, -0.1) is 0 Å². The SMILES string of the molecule is C=CC1=C(/C=C\C)C[C@H]2C=Nc3cc(OCc4cc(COc5cc6c(cc5OC)C(=O)N5c7ccccc7C[C@H]5C=N6)cc(NC(=O)[C@H](C)NC(=O)[C@H](C)NC(=O)CCCCC(=O)OC)c4)c(OC)cc3C(=O)N12. The van der Waals surface area contributed by atoms with Gasteiger partial charge >= 0.3 is 5.97 Å². The Hall–Kier alpha value is -8.54. The summed E-state index contributed by atoms with van der Waals surface area (Å²) in [7, 11) is 4.27. The molecule has 4 aliphatic rings. The van der Waals surface area contributed by atoms with Crippen molar-refractivity contribution in [1.82, 2.24) is 15.5 Å². The van der Waals surface area contributed by atoms with Crippen molar-refractivity contribution < 1.29 is 52.5 Å². The van der Waals surface area contributed by atoms with E-state index in [1.54, 1.807) is 64.7 Å². The number of rotatable bonds is 20. The minimum atomic E-state index is -1.03. The van der Waals surface area contributed by atoms with Gasteiger partial charge in [0.25, 0.3) is 11.8 Å². The van der Waals surface area contributed by atoms with Gasteiger partial charge in [-0.2, -0.15) is 0 Å². The molecule has 18 heteroatoms. The predicted molar refractivity (Wildman–Crippen MR) is 279 cm³/mol. The molecule has 4 heterocycles. The van der Waals surface area contributed by atoms with Crippen LogP contribution in [0.5, 0.6) is 23.0 Å². The quantitative estimate of drug-likeness (QED) is 0.0574. The van der Waals surface area contributed by atoms with Crippen molar-refractivity contribution in [3.05, 3.63) is 131 Å². The van der Waals surface area contributed by atoms with E-state index in [4.69, 9.17) is 28.9 Å². The monoisotopic (exact) mass is 1010 g/mol. The molecule has 4 atom stereocenters. The third-order valence-corrected chi connectivity index (χ3v) is 13.1. The number of para-hydroxylation sites is 1. The van der Waals surface area contributed by atoms with E-state index in [0.29, 0.717) is 88.0 Å². The fraction of sp³-hybridized carbons (Fsp3) is 0.321. The molecule has 74 heavy (non-hydrogen) atoms. The van der Waals surface area contributed by atoms with Crippen LogP contribution in [0.25, 0.3) is 0 Å². The van der Waals surface area contributed by atoms with Crippen molar-refractivity contribution in [3.8, 4) is 23.0 Å². The third kappa shape index (κ3) is 11.2. The molecule has 0 unspecified atom stereocenters. The van der Waals surface area contributed by atoms with Crippen LogP contribution in [0.2, 0.25) is 0 Å². The van der Waals surface area contributed by atoms with Gasteiger partial charge in [-0.25, -0.2) is 0 Å². The highest BCUT2D eigenvalue weighted by atomic mass is 16.5. The number of ether oxygens (including phenoxy) is 5. The number of unbranched alkanes of at least 4 members (excludes halogenated alkanes) is 1. The first-order valence-corrected chi connectivity index (χ1v) is 24.4. The zero-order valence-corrected chi connectivity index (χ0v) is 42.2. The Morgan fingerprint density at radius 1 is 0.730 bits per heavy atom. The highest BCUT2D eigenvalue weighted by Gasteiger charge is 2.38. The maximum Gasteiger partial charge on any atom is 0.305 e. The van der Waals surface area contributed by atoms with E-state index in [2.05, 4.69) is 27.3 Å². The summed E-state index contributed by atoms with van der Waals surface area (Å²) < 4.78 is 29.0. The van der Waals surface area contributed by atoms with Crippen LogP contribution < -0.4 is 39.8 Å². The molecule has 0 radical (unpaired) electrons. The largest absolute Gasteiger partial charge is 0.493 e. The minimum Gasteiger partial charge on any atom is -0.493 e. The summed E-state index contributed by atoms with van der Waals surface area (Å²) in [5, 5.41) is 8.18. The van der Waals surface area contributed by atoms with Gasteiger partial charge in [-0.1, -0.05) is 36.9 Å². The number of benzene rings is 4. The molecule has 0 fully saturated rings. The van der Waals surface area contributed by atoms with Gasteiger partial charge in [0.1, 0.15) is 25.3 Å². The van der Waals surface area contributed by atoms with Crippen LogP contribution in [0, 0.1) is 0 Å². The normalized spacial score (nSPS) is 16.9. The molecule has 0 spiro atoms. The van der Waals surface area contributed by atoms with E-state index in [9.17, 15) is 28.8 Å². The first-order valence-electron chi connectivity index (χ1n) is 24.4. The molecular weight excluding hydrogens is 947 g/mol. The Morgan fingerprint density at radius 2 is 1.31 bits per heavy atom. The van der Waals surface area contributed by atoms with E-state index in [-0.39, 0.29) is 61.8 Å². The molecule has 4 aromatic carbocycles. The number of hydrogen-bond donors (Lipinski definition) is 3. The topological polar surface area (TPSA) is 216 Å². The number of anilines is 2. The lowest BCUT2D eigenvalue weighted by Crippen LogP contribution is -2.50. The molecule has 4 aliphatic heterocycles. The van der Waals surface area contributed by atoms with Crippen molar-refractivity contribution >= 4 is 70.7 Å². The van der Waals surface area contributed by atoms with Crippen molar-refractivity contribution in [2.45, 2.75) is 96.7 Å². The number of amides is 5. The summed E-state index contributed by atoms with van der Waals surface area (Å²) >= 11 is 0. The summed E-state index contributed by atoms with van der Waals surface area (Å²) in [5.74, 6) is -1.08. The molecule has 0 saturated carbocycles. The maximum absolute atomic E-state index is 14.1. The summed E-state index contributed by atoms with van der Waals surface area (Å²) in [4.78, 5) is 91.9. The fourth-order valence-corrected chi connectivity index (χ4v) is 9.32. The Kier molecular flexibility index (Phi) is 16.0. The molecule has 4 aromatic rings. The van der Waals surface area contributed by atoms with Crippen molar-refractivity contribution in [2.24, 2.45) is 9.98 Å². The third-order valence-electron chi connectivity index (χ3n) is 13.1. The summed E-state index contributed by atoms with van der Waals surface area (Å²) in [6.45, 7) is 8.84. The Balaban J connectivity index is 1.02. The Labute approximate surface area is 429 Å². The van der Waals surface area contributed by atoms with E-state index < -0.39 is 23.9 Å². The van der Waals surface area contributed by atoms with Gasteiger partial charge < -0.3 is 39.6 Å². The highest BCUT2D eigenvalue weighted by Crippen LogP contribution is 2.43. The highest BCUT2D eigenvalue weighted by molar-refractivity contribution is 6.15. The van der Waals surface area contributed by atoms with E-state index >= 15 is 0 Å². The van der Waals surface area contributed by atoms with Gasteiger partial charge in [-0.3, -0.25) is 48.6 Å². The number of nitrogens with zero attached hydrogens (tertiary/aromatic N) is 4. The van der Waals surface area contributed by atoms with Crippen molar-refractivity contribution in [3.63, 3.8) is 0 Å². The van der Waals surface area contributed by atoms with E-state index in [0.717, 1.165) is 22.5 Å². The van der Waals surface area contributed by atoms with Gasteiger partial charge in [0.2, 0.25) is 17.7 Å². The van der Waals surface area contributed by atoms with E-state index in [1.807, 2.05) is 49.4 Å². The summed E-state index contributed by atoms with van der Waals surface area (Å²) in [5.41, 5.74) is 6.67. The van der Waals surface area contributed by atoms with Crippen LogP contribution in [-0.2, 0) is 43.5 Å². The lowest BCUT2D eigenvalue weighted by Gasteiger charge is -2.23. The van der Waals surface area contributed by atoms with Crippen LogP contribution in [0.4, 0.5) is 22.7 Å². The molecule has 0 aliphatic carbocycles. The second-order valence-electron chi connectivity index (χ2n) is 18.1. The first kappa shape index (κ1) is 51.8. The number of esters is 1.